The normalized spacial score (nSPS) is 10.9. The zero-order chi connectivity index (χ0) is 25.6. The Kier molecular flexibility index (Phi) is 10.7. The average Bonchev–Trinajstić information content (AvgIpc) is 2.89. The van der Waals surface area contributed by atoms with Gasteiger partial charge in [-0.3, -0.25) is 4.79 Å². The molecule has 1 amide bonds. The molecule has 0 saturated heterocycles. The molecule has 0 heterocycles. The second kappa shape index (κ2) is 14.5. The zero-order valence-corrected chi connectivity index (χ0v) is 21.4. The topological polar surface area (TPSA) is 86.2 Å². The molecule has 3 aromatic rings. The van der Waals surface area contributed by atoms with Crippen LogP contribution in [0.1, 0.15) is 30.9 Å². The second-order valence-electron chi connectivity index (χ2n) is 7.60. The van der Waals surface area contributed by atoms with Crippen LogP contribution in [0.2, 0.25) is 0 Å². The van der Waals surface area contributed by atoms with Gasteiger partial charge in [-0.25, -0.2) is 10.2 Å². The number of nitrogens with one attached hydrogen (secondary N) is 1. The van der Waals surface area contributed by atoms with Crippen molar-refractivity contribution in [2.24, 2.45) is 5.10 Å². The highest BCUT2D eigenvalue weighted by Crippen LogP contribution is 2.22. The lowest BCUT2D eigenvalue weighted by Gasteiger charge is -2.08. The number of hydrazone groups is 1. The maximum atomic E-state index is 12.3. The summed E-state index contributed by atoms with van der Waals surface area (Å²) in [6.07, 6.45) is 6.48. The van der Waals surface area contributed by atoms with Gasteiger partial charge in [-0.05, 0) is 60.5 Å². The van der Waals surface area contributed by atoms with E-state index in [1.54, 1.807) is 48.5 Å². The maximum Gasteiger partial charge on any atom is 0.336 e. The molecule has 0 aliphatic rings. The van der Waals surface area contributed by atoms with Crippen LogP contribution >= 0.6 is 15.9 Å². The molecule has 186 valence electrons. The predicted octanol–water partition coefficient (Wildman–Crippen LogP) is 5.78. The van der Waals surface area contributed by atoms with Gasteiger partial charge in [-0.1, -0.05) is 59.6 Å². The summed E-state index contributed by atoms with van der Waals surface area (Å²) in [5.41, 5.74) is 3.79. The molecule has 8 heteroatoms. The van der Waals surface area contributed by atoms with Crippen LogP contribution in [0.15, 0.2) is 88.4 Å². The van der Waals surface area contributed by atoms with Gasteiger partial charge in [0, 0.05) is 16.1 Å². The zero-order valence-electron chi connectivity index (χ0n) is 19.9. The van der Waals surface area contributed by atoms with Crippen molar-refractivity contribution in [3.8, 4) is 17.2 Å². The number of carbonyl (C=O) groups is 2. The third kappa shape index (κ3) is 9.38. The van der Waals surface area contributed by atoms with Crippen molar-refractivity contribution in [1.82, 2.24) is 5.43 Å². The predicted molar refractivity (Wildman–Crippen MR) is 143 cm³/mol. The van der Waals surface area contributed by atoms with Crippen molar-refractivity contribution in [1.29, 1.82) is 0 Å². The van der Waals surface area contributed by atoms with Crippen molar-refractivity contribution in [2.75, 3.05) is 13.2 Å². The Morgan fingerprint density at radius 1 is 0.972 bits per heavy atom. The highest BCUT2D eigenvalue weighted by molar-refractivity contribution is 9.10. The summed E-state index contributed by atoms with van der Waals surface area (Å²) in [6, 6.07) is 21.6. The van der Waals surface area contributed by atoms with Crippen LogP contribution in [0.25, 0.3) is 6.08 Å². The maximum absolute atomic E-state index is 12.3. The Hall–Kier alpha value is -3.91. The average molecular weight is 551 g/mol. The molecule has 0 aliphatic carbocycles. The fourth-order valence-electron chi connectivity index (χ4n) is 2.91. The number of ether oxygens (including phenoxy) is 3. The van der Waals surface area contributed by atoms with Gasteiger partial charge in [0.25, 0.3) is 5.91 Å². The molecule has 0 bridgehead atoms. The number of benzene rings is 3. The van der Waals surface area contributed by atoms with Crippen LogP contribution in [0, 0.1) is 0 Å². The van der Waals surface area contributed by atoms with Gasteiger partial charge < -0.3 is 14.2 Å². The second-order valence-corrected chi connectivity index (χ2v) is 8.52. The SMILES string of the molecule is CCCCOc1ccc(OCC(=O)N/N=C\c2cc(Br)ccc2OC(=O)/C=C/c2ccccc2)cc1. The number of carbonyl (C=O) groups excluding carboxylic acids is 2. The van der Waals surface area contributed by atoms with Crippen molar-refractivity contribution < 1.29 is 23.8 Å². The summed E-state index contributed by atoms with van der Waals surface area (Å²) in [6.45, 7) is 2.56. The summed E-state index contributed by atoms with van der Waals surface area (Å²) in [7, 11) is 0. The van der Waals surface area contributed by atoms with Gasteiger partial charge in [-0.15, -0.1) is 0 Å². The molecule has 0 unspecified atom stereocenters. The minimum Gasteiger partial charge on any atom is -0.494 e. The van der Waals surface area contributed by atoms with E-state index in [2.05, 4.69) is 33.4 Å². The van der Waals surface area contributed by atoms with E-state index in [9.17, 15) is 9.59 Å². The third-order valence-corrected chi connectivity index (χ3v) is 5.24. The molecule has 3 rings (SSSR count). The van der Waals surface area contributed by atoms with Crippen molar-refractivity contribution in [3.63, 3.8) is 0 Å². The lowest BCUT2D eigenvalue weighted by atomic mass is 10.2. The van der Waals surface area contributed by atoms with E-state index in [4.69, 9.17) is 14.2 Å². The van der Waals surface area contributed by atoms with Crippen LogP contribution in [-0.2, 0) is 9.59 Å². The number of unbranched alkanes of at least 4 members (excludes halogenated alkanes) is 1. The van der Waals surface area contributed by atoms with Crippen molar-refractivity contribution in [3.05, 3.63) is 94.5 Å². The van der Waals surface area contributed by atoms with Crippen LogP contribution in [0.5, 0.6) is 17.2 Å². The van der Waals surface area contributed by atoms with Gasteiger partial charge in [-0.2, -0.15) is 5.10 Å². The summed E-state index contributed by atoms with van der Waals surface area (Å²) in [5.74, 6) is 0.632. The molecule has 7 nitrogen and oxygen atoms in total. The van der Waals surface area contributed by atoms with E-state index < -0.39 is 11.9 Å². The first-order chi connectivity index (χ1) is 17.5. The molecule has 0 radical (unpaired) electrons. The quantitative estimate of drug-likeness (QED) is 0.0771. The standard InChI is InChI=1S/C28H27BrN2O5/c1-2-3-17-34-24-11-13-25(14-12-24)35-20-27(32)31-30-19-22-18-23(29)10-15-26(22)36-28(33)16-9-21-7-5-4-6-8-21/h4-16,18-19H,2-3,17,20H2,1H3,(H,31,32)/b16-9+,30-19-. The van der Waals surface area contributed by atoms with Crippen LogP contribution in [0.3, 0.4) is 0 Å². The van der Waals surface area contributed by atoms with E-state index in [-0.39, 0.29) is 6.61 Å². The van der Waals surface area contributed by atoms with Gasteiger partial charge in [0.05, 0.1) is 12.8 Å². The highest BCUT2D eigenvalue weighted by Gasteiger charge is 2.08. The van der Waals surface area contributed by atoms with Crippen LogP contribution in [-0.4, -0.2) is 31.3 Å². The smallest absolute Gasteiger partial charge is 0.336 e. The van der Waals surface area contributed by atoms with Gasteiger partial charge in [0.1, 0.15) is 17.2 Å². The molecule has 0 saturated carbocycles. The summed E-state index contributed by atoms with van der Waals surface area (Å²) in [4.78, 5) is 24.4. The first-order valence-electron chi connectivity index (χ1n) is 11.5. The minimum atomic E-state index is -0.532. The number of hydrogen-bond donors (Lipinski definition) is 1. The summed E-state index contributed by atoms with van der Waals surface area (Å²) >= 11 is 3.39. The molecule has 0 atom stereocenters. The molecule has 0 aliphatic heterocycles. The number of halogens is 1. The van der Waals surface area contributed by atoms with Crippen molar-refractivity contribution in [2.45, 2.75) is 19.8 Å². The van der Waals surface area contributed by atoms with Gasteiger partial charge >= 0.3 is 5.97 Å². The summed E-state index contributed by atoms with van der Waals surface area (Å²) in [5, 5.41) is 3.96. The van der Waals surface area contributed by atoms with E-state index in [0.29, 0.717) is 23.7 Å². The van der Waals surface area contributed by atoms with Gasteiger partial charge in [0.15, 0.2) is 6.61 Å². The lowest BCUT2D eigenvalue weighted by Crippen LogP contribution is -2.24. The van der Waals surface area contributed by atoms with E-state index in [1.165, 1.54) is 12.3 Å². The fourth-order valence-corrected chi connectivity index (χ4v) is 3.28. The number of nitrogens with zero attached hydrogens (tertiary/aromatic N) is 1. The molecule has 0 fully saturated rings. The molecule has 0 aromatic heterocycles. The minimum absolute atomic E-state index is 0.210. The van der Waals surface area contributed by atoms with E-state index in [1.807, 2.05) is 30.3 Å². The molecule has 36 heavy (non-hydrogen) atoms. The molecule has 0 spiro atoms. The van der Waals surface area contributed by atoms with Crippen LogP contribution < -0.4 is 19.6 Å². The Labute approximate surface area is 218 Å². The number of amides is 1. The van der Waals surface area contributed by atoms with Crippen molar-refractivity contribution >= 4 is 40.1 Å². The van der Waals surface area contributed by atoms with Gasteiger partial charge in [0.2, 0.25) is 0 Å². The largest absolute Gasteiger partial charge is 0.494 e. The number of esters is 1. The molecule has 1 N–H and O–H groups in total. The van der Waals surface area contributed by atoms with E-state index >= 15 is 0 Å². The molecular weight excluding hydrogens is 524 g/mol. The lowest BCUT2D eigenvalue weighted by molar-refractivity contribution is -0.129. The third-order valence-electron chi connectivity index (χ3n) is 4.75. The molecular formula is C28H27BrN2O5. The number of hydrogen-bond acceptors (Lipinski definition) is 6. The first-order valence-corrected chi connectivity index (χ1v) is 12.2. The van der Waals surface area contributed by atoms with Crippen LogP contribution in [0.4, 0.5) is 0 Å². The monoisotopic (exact) mass is 550 g/mol. The van der Waals surface area contributed by atoms with E-state index in [0.717, 1.165) is 28.6 Å². The Morgan fingerprint density at radius 3 is 2.42 bits per heavy atom. The number of rotatable bonds is 12. The molecule has 3 aromatic carbocycles. The Balaban J connectivity index is 1.50. The Morgan fingerprint density at radius 2 is 1.69 bits per heavy atom. The first kappa shape index (κ1) is 26.7. The summed E-state index contributed by atoms with van der Waals surface area (Å²) < 4.78 is 17.3. The Bertz CT molecular complexity index is 1190. The fraction of sp³-hybridized carbons (Fsp3) is 0.179. The highest BCUT2D eigenvalue weighted by atomic mass is 79.9.